The second kappa shape index (κ2) is 8.88. The van der Waals surface area contributed by atoms with Gasteiger partial charge in [0.15, 0.2) is 11.3 Å². The first kappa shape index (κ1) is 21.5. The quantitative estimate of drug-likeness (QED) is 0.620. The van der Waals surface area contributed by atoms with Gasteiger partial charge in [-0.05, 0) is 35.9 Å². The fourth-order valence-electron chi connectivity index (χ4n) is 3.76. The molecule has 0 fully saturated rings. The van der Waals surface area contributed by atoms with E-state index in [9.17, 15) is 9.18 Å². The number of halogens is 2. The van der Waals surface area contributed by atoms with Crippen LogP contribution in [0, 0.1) is 5.82 Å². The van der Waals surface area contributed by atoms with Crippen molar-refractivity contribution in [2.75, 3.05) is 7.11 Å². The number of nitrogens with zero attached hydrogens (tertiary/aromatic N) is 3. The minimum Gasteiger partial charge on any atom is -0.496 e. The molecule has 2 aliphatic heterocycles. The highest BCUT2D eigenvalue weighted by Crippen LogP contribution is 2.37. The van der Waals surface area contributed by atoms with Gasteiger partial charge in [-0.15, -0.1) is 5.10 Å². The van der Waals surface area contributed by atoms with E-state index < -0.39 is 6.17 Å². The van der Waals surface area contributed by atoms with Crippen molar-refractivity contribution in [2.45, 2.75) is 11.9 Å². The number of amidine groups is 1. The number of hydrazone groups is 1. The molecule has 33 heavy (non-hydrogen) atoms. The topological polar surface area (TPSA) is 66.3 Å². The lowest BCUT2D eigenvalue weighted by molar-refractivity contribution is -0.116. The summed E-state index contributed by atoms with van der Waals surface area (Å²) in [4.78, 5) is 18.1. The second-order valence-electron chi connectivity index (χ2n) is 7.34. The first-order chi connectivity index (χ1) is 16.0. The van der Waals surface area contributed by atoms with Crippen LogP contribution in [0.3, 0.4) is 0 Å². The zero-order chi connectivity index (χ0) is 22.9. The number of methoxy groups -OCH3 is 1. The smallest absolute Gasteiger partial charge is 0.276 e. The maximum atomic E-state index is 14.1. The van der Waals surface area contributed by atoms with Crippen LogP contribution in [0.4, 0.5) is 4.39 Å². The van der Waals surface area contributed by atoms with Gasteiger partial charge in [-0.1, -0.05) is 59.8 Å². The molecule has 0 spiro atoms. The average molecular weight is 481 g/mol. The van der Waals surface area contributed by atoms with Gasteiger partial charge in [-0.2, -0.15) is 0 Å². The van der Waals surface area contributed by atoms with Crippen molar-refractivity contribution in [2.24, 2.45) is 10.1 Å². The molecule has 1 amide bonds. The van der Waals surface area contributed by atoms with Crippen molar-refractivity contribution < 1.29 is 13.9 Å². The van der Waals surface area contributed by atoms with Gasteiger partial charge in [-0.25, -0.2) is 9.40 Å². The lowest BCUT2D eigenvalue weighted by atomic mass is 10.1. The van der Waals surface area contributed by atoms with Gasteiger partial charge >= 0.3 is 0 Å². The number of carbonyl (C=O) groups excluding carboxylic acids is 1. The van der Waals surface area contributed by atoms with Crippen molar-refractivity contribution >= 4 is 40.1 Å². The number of carbonyl (C=O) groups is 1. The Morgan fingerprint density at radius 2 is 1.94 bits per heavy atom. The third-order valence-electron chi connectivity index (χ3n) is 5.31. The van der Waals surface area contributed by atoms with E-state index in [2.05, 4.69) is 10.4 Å². The van der Waals surface area contributed by atoms with Crippen LogP contribution in [0.1, 0.15) is 17.3 Å². The van der Waals surface area contributed by atoms with Crippen LogP contribution in [0.5, 0.6) is 5.75 Å². The van der Waals surface area contributed by atoms with E-state index in [-0.39, 0.29) is 11.7 Å². The predicted molar refractivity (Wildman–Crippen MR) is 126 cm³/mol. The van der Waals surface area contributed by atoms with Gasteiger partial charge in [-0.3, -0.25) is 15.1 Å². The van der Waals surface area contributed by atoms with Crippen LogP contribution in [-0.2, 0) is 10.5 Å². The molecule has 0 saturated heterocycles. The van der Waals surface area contributed by atoms with Crippen LogP contribution < -0.4 is 20.6 Å². The molecule has 9 heteroatoms. The molecule has 0 radical (unpaired) electrons. The van der Waals surface area contributed by atoms with E-state index >= 15 is 0 Å². The minimum absolute atomic E-state index is 0.302. The number of nitrogens with one attached hydrogen (secondary N) is 1. The summed E-state index contributed by atoms with van der Waals surface area (Å²) in [5, 5.41) is 11.3. The number of para-hydroxylation sites is 1. The number of ether oxygens (including phenoxy) is 1. The van der Waals surface area contributed by atoms with Crippen LogP contribution in [0.15, 0.2) is 76.8 Å². The summed E-state index contributed by atoms with van der Waals surface area (Å²) in [6.07, 6.45) is -0.668. The molecule has 6 nitrogen and oxygen atoms in total. The molecule has 0 unspecified atom stereocenters. The number of fused-ring (bicyclic) bond motifs is 2. The first-order valence-corrected chi connectivity index (χ1v) is 11.5. The minimum atomic E-state index is -0.668. The summed E-state index contributed by atoms with van der Waals surface area (Å²) in [7, 11) is 1.57. The molecule has 5 rings (SSSR count). The van der Waals surface area contributed by atoms with Crippen LogP contribution in [0.2, 0.25) is 5.02 Å². The average Bonchev–Trinajstić information content (AvgIpc) is 2.83. The number of hydrogen-bond acceptors (Lipinski definition) is 6. The summed E-state index contributed by atoms with van der Waals surface area (Å²) in [5.74, 6) is 0.278. The highest BCUT2D eigenvalue weighted by molar-refractivity contribution is 8.13. The standard InChI is InChI=1S/C24H18ClFN4O2S/c1-32-20-11-10-15(25)12-17(20)22-27-19-9-5-3-7-16(19)21-23(31)28-24(29-30(21)22)33-13-14-6-2-4-8-18(14)26/h2-12,22H,13H2,1H3,(H,28,29,31)/t22-/m0/s1. The van der Waals surface area contributed by atoms with E-state index in [0.717, 1.165) is 0 Å². The van der Waals surface area contributed by atoms with Crippen molar-refractivity contribution in [1.82, 2.24) is 10.3 Å². The summed E-state index contributed by atoms with van der Waals surface area (Å²) in [6.45, 7) is 0. The lowest BCUT2D eigenvalue weighted by Crippen LogP contribution is -2.50. The van der Waals surface area contributed by atoms with E-state index in [1.54, 1.807) is 48.5 Å². The monoisotopic (exact) mass is 480 g/mol. The van der Waals surface area contributed by atoms with Gasteiger partial charge in [0.25, 0.3) is 5.91 Å². The predicted octanol–water partition coefficient (Wildman–Crippen LogP) is 3.56. The van der Waals surface area contributed by atoms with Crippen molar-refractivity contribution in [3.63, 3.8) is 0 Å². The molecular formula is C24H18ClFN4O2S. The fraction of sp³-hybridized carbons (Fsp3) is 0.125. The molecular weight excluding hydrogens is 463 g/mol. The largest absolute Gasteiger partial charge is 0.496 e. The maximum absolute atomic E-state index is 14.1. The Hall–Kier alpha value is -3.36. The summed E-state index contributed by atoms with van der Waals surface area (Å²) in [5.41, 5.74) is 1.58. The molecule has 1 atom stereocenters. The number of thioether (sulfide) groups is 1. The second-order valence-corrected chi connectivity index (χ2v) is 8.74. The fourth-order valence-corrected chi connectivity index (χ4v) is 4.78. The molecule has 3 aromatic rings. The van der Waals surface area contributed by atoms with Gasteiger partial charge in [0, 0.05) is 21.6 Å². The Morgan fingerprint density at radius 1 is 1.15 bits per heavy atom. The van der Waals surface area contributed by atoms with Gasteiger partial charge < -0.3 is 4.74 Å². The Balaban J connectivity index is 1.61. The Morgan fingerprint density at radius 3 is 2.76 bits per heavy atom. The molecule has 1 N–H and O–H groups in total. The van der Waals surface area contributed by atoms with Crippen LogP contribution in [0.25, 0.3) is 5.70 Å². The third-order valence-corrected chi connectivity index (χ3v) is 6.46. The third kappa shape index (κ3) is 4.07. The number of rotatable bonds is 4. The Bertz CT molecular complexity index is 1410. The SMILES string of the molecule is COc1ccc(Cl)cc1[C@H]1N=c2ccccc2=C2C(=O)NC(SCc3ccccc3F)=NN21. The summed E-state index contributed by atoms with van der Waals surface area (Å²) in [6, 6.07) is 19.2. The molecule has 0 aliphatic carbocycles. The molecule has 2 aliphatic rings. The highest BCUT2D eigenvalue weighted by atomic mass is 35.5. The highest BCUT2D eigenvalue weighted by Gasteiger charge is 2.35. The molecule has 0 saturated carbocycles. The van der Waals surface area contributed by atoms with E-state index in [4.69, 9.17) is 21.3 Å². The first-order valence-electron chi connectivity index (χ1n) is 10.1. The number of hydrogen-bond donors (Lipinski definition) is 1. The summed E-state index contributed by atoms with van der Waals surface area (Å²) >= 11 is 7.52. The van der Waals surface area contributed by atoms with E-state index in [1.165, 1.54) is 17.8 Å². The maximum Gasteiger partial charge on any atom is 0.276 e. The zero-order valence-electron chi connectivity index (χ0n) is 17.5. The normalized spacial score (nSPS) is 16.9. The van der Waals surface area contributed by atoms with Crippen LogP contribution >= 0.6 is 23.4 Å². The molecule has 2 heterocycles. The molecule has 166 valence electrons. The van der Waals surface area contributed by atoms with Gasteiger partial charge in [0.1, 0.15) is 17.3 Å². The van der Waals surface area contributed by atoms with Crippen molar-refractivity contribution in [3.8, 4) is 5.75 Å². The van der Waals surface area contributed by atoms with Crippen LogP contribution in [-0.4, -0.2) is 23.2 Å². The van der Waals surface area contributed by atoms with Crippen molar-refractivity contribution in [1.29, 1.82) is 0 Å². The van der Waals surface area contributed by atoms with Crippen molar-refractivity contribution in [3.05, 3.63) is 99.3 Å². The number of amides is 1. The Kier molecular flexibility index (Phi) is 5.78. The van der Waals surface area contributed by atoms with E-state index in [0.29, 0.717) is 49.1 Å². The molecule has 0 aromatic heterocycles. The molecule has 0 bridgehead atoms. The summed E-state index contributed by atoms with van der Waals surface area (Å²) < 4.78 is 19.6. The van der Waals surface area contributed by atoms with E-state index in [1.807, 2.05) is 24.3 Å². The molecule has 3 aromatic carbocycles. The van der Waals surface area contributed by atoms with Gasteiger partial charge in [0.05, 0.1) is 12.5 Å². The lowest BCUT2D eigenvalue weighted by Gasteiger charge is -2.34. The number of benzene rings is 3. The Labute approximate surface area is 198 Å². The van der Waals surface area contributed by atoms with Gasteiger partial charge in [0.2, 0.25) is 0 Å². The zero-order valence-corrected chi connectivity index (χ0v) is 19.0.